The van der Waals surface area contributed by atoms with Gasteiger partial charge in [-0.3, -0.25) is 4.90 Å². The molecule has 146 valence electrons. The van der Waals surface area contributed by atoms with Crippen LogP contribution in [0.1, 0.15) is 11.1 Å². The van der Waals surface area contributed by atoms with Crippen molar-refractivity contribution in [2.45, 2.75) is 20.0 Å². The number of hydrogen-bond donors (Lipinski definition) is 1. The Morgan fingerprint density at radius 2 is 1.56 bits per heavy atom. The average molecular weight is 370 g/mol. The summed E-state index contributed by atoms with van der Waals surface area (Å²) in [4.78, 5) is 4.76. The second-order valence-corrected chi connectivity index (χ2v) is 7.14. The van der Waals surface area contributed by atoms with Crippen LogP contribution in [0.2, 0.25) is 0 Å². The number of benzene rings is 2. The Hall–Kier alpha value is -2.24. The molecule has 2 aromatic carbocycles. The molecule has 0 bridgehead atoms. The van der Waals surface area contributed by atoms with Crippen molar-refractivity contribution in [1.29, 1.82) is 0 Å². The SMILES string of the molecule is COc1ccccc1OCC(O)CN1CCN(c2c(C)cccc2C)CC1. The minimum absolute atomic E-state index is 0.261. The predicted octanol–water partition coefficient (Wildman–Crippen LogP) is 2.87. The number of para-hydroxylation sites is 3. The number of nitrogens with zero attached hydrogens (tertiary/aromatic N) is 2. The molecule has 1 N–H and O–H groups in total. The lowest BCUT2D eigenvalue weighted by molar-refractivity contribution is 0.0653. The van der Waals surface area contributed by atoms with Gasteiger partial charge in [-0.1, -0.05) is 30.3 Å². The van der Waals surface area contributed by atoms with Crippen molar-refractivity contribution in [1.82, 2.24) is 4.90 Å². The van der Waals surface area contributed by atoms with Gasteiger partial charge in [0.15, 0.2) is 11.5 Å². The van der Waals surface area contributed by atoms with Crippen LogP contribution in [-0.4, -0.2) is 62.6 Å². The molecule has 5 nitrogen and oxygen atoms in total. The number of aliphatic hydroxyl groups excluding tert-OH is 1. The number of anilines is 1. The third kappa shape index (κ3) is 4.93. The molecular weight excluding hydrogens is 340 g/mol. The lowest BCUT2D eigenvalue weighted by Crippen LogP contribution is -2.49. The number of ether oxygens (including phenoxy) is 2. The van der Waals surface area contributed by atoms with Crippen molar-refractivity contribution in [3.63, 3.8) is 0 Å². The topological polar surface area (TPSA) is 45.2 Å². The van der Waals surface area contributed by atoms with Gasteiger partial charge in [0.05, 0.1) is 7.11 Å². The fraction of sp³-hybridized carbons (Fsp3) is 0.455. The Kier molecular flexibility index (Phi) is 6.58. The number of rotatable bonds is 7. The maximum absolute atomic E-state index is 10.4. The van der Waals surface area contributed by atoms with Crippen LogP contribution in [0, 0.1) is 13.8 Å². The number of hydrogen-bond acceptors (Lipinski definition) is 5. The zero-order valence-corrected chi connectivity index (χ0v) is 16.5. The number of methoxy groups -OCH3 is 1. The molecule has 1 fully saturated rings. The molecule has 5 heteroatoms. The average Bonchev–Trinajstić information content (AvgIpc) is 2.68. The fourth-order valence-electron chi connectivity index (χ4n) is 3.73. The quantitative estimate of drug-likeness (QED) is 0.812. The minimum Gasteiger partial charge on any atom is -0.493 e. The molecule has 1 unspecified atom stereocenters. The van der Waals surface area contributed by atoms with Gasteiger partial charge in [-0.15, -0.1) is 0 Å². The van der Waals surface area contributed by atoms with E-state index in [9.17, 15) is 5.11 Å². The van der Waals surface area contributed by atoms with Crippen LogP contribution in [-0.2, 0) is 0 Å². The molecule has 1 aliphatic rings. The van der Waals surface area contributed by atoms with E-state index >= 15 is 0 Å². The summed E-state index contributed by atoms with van der Waals surface area (Å²) in [5, 5.41) is 10.4. The van der Waals surface area contributed by atoms with E-state index in [2.05, 4.69) is 41.8 Å². The molecule has 1 aliphatic heterocycles. The van der Waals surface area contributed by atoms with E-state index < -0.39 is 6.10 Å². The van der Waals surface area contributed by atoms with E-state index in [0.29, 0.717) is 18.0 Å². The Balaban J connectivity index is 1.47. The van der Waals surface area contributed by atoms with Crippen LogP contribution in [0.5, 0.6) is 11.5 Å². The molecule has 1 heterocycles. The van der Waals surface area contributed by atoms with Gasteiger partial charge in [-0.2, -0.15) is 0 Å². The standard InChI is InChI=1S/C22H30N2O3/c1-17-7-6-8-18(2)22(17)24-13-11-23(12-14-24)15-19(25)16-27-21-10-5-4-9-20(21)26-3/h4-10,19,25H,11-16H2,1-3H3. The Labute approximate surface area is 162 Å². The van der Waals surface area contributed by atoms with Crippen molar-refractivity contribution in [3.8, 4) is 11.5 Å². The highest BCUT2D eigenvalue weighted by Crippen LogP contribution is 2.27. The molecule has 1 saturated heterocycles. The van der Waals surface area contributed by atoms with Crippen molar-refractivity contribution in [2.24, 2.45) is 0 Å². The first-order valence-corrected chi connectivity index (χ1v) is 9.56. The zero-order valence-electron chi connectivity index (χ0n) is 16.5. The maximum Gasteiger partial charge on any atom is 0.161 e. The Morgan fingerprint density at radius 1 is 0.926 bits per heavy atom. The second-order valence-electron chi connectivity index (χ2n) is 7.14. The van der Waals surface area contributed by atoms with E-state index in [1.165, 1.54) is 16.8 Å². The Bertz CT molecular complexity index is 722. The lowest BCUT2D eigenvalue weighted by Gasteiger charge is -2.38. The number of aryl methyl sites for hydroxylation is 2. The molecule has 0 radical (unpaired) electrons. The third-order valence-electron chi connectivity index (χ3n) is 5.10. The number of aliphatic hydroxyl groups is 1. The highest BCUT2D eigenvalue weighted by atomic mass is 16.5. The first-order valence-electron chi connectivity index (χ1n) is 9.56. The molecule has 1 atom stereocenters. The van der Waals surface area contributed by atoms with Crippen LogP contribution in [0.4, 0.5) is 5.69 Å². The van der Waals surface area contributed by atoms with E-state index in [0.717, 1.165) is 26.2 Å². The van der Waals surface area contributed by atoms with E-state index in [-0.39, 0.29) is 6.61 Å². The summed E-state index contributed by atoms with van der Waals surface area (Å²) < 4.78 is 11.0. The number of β-amino-alcohol motifs (C(OH)–C–C–N with tert-alkyl or cyclic N) is 1. The fourth-order valence-corrected chi connectivity index (χ4v) is 3.73. The minimum atomic E-state index is -0.526. The summed E-state index contributed by atoms with van der Waals surface area (Å²) >= 11 is 0. The Morgan fingerprint density at radius 3 is 2.19 bits per heavy atom. The summed E-state index contributed by atoms with van der Waals surface area (Å²) in [6.07, 6.45) is -0.526. The monoisotopic (exact) mass is 370 g/mol. The van der Waals surface area contributed by atoms with Crippen molar-refractivity contribution >= 4 is 5.69 Å². The molecule has 0 aliphatic carbocycles. The van der Waals surface area contributed by atoms with Crippen LogP contribution < -0.4 is 14.4 Å². The van der Waals surface area contributed by atoms with E-state index in [1.54, 1.807) is 7.11 Å². The first-order chi connectivity index (χ1) is 13.1. The predicted molar refractivity (Wildman–Crippen MR) is 109 cm³/mol. The van der Waals surface area contributed by atoms with Gasteiger partial charge in [-0.05, 0) is 37.1 Å². The van der Waals surface area contributed by atoms with E-state index in [4.69, 9.17) is 9.47 Å². The summed E-state index contributed by atoms with van der Waals surface area (Å²) in [7, 11) is 1.62. The first kappa shape index (κ1) is 19.5. The van der Waals surface area contributed by atoms with Gasteiger partial charge in [0, 0.05) is 38.4 Å². The molecule has 27 heavy (non-hydrogen) atoms. The highest BCUT2D eigenvalue weighted by Gasteiger charge is 2.21. The van der Waals surface area contributed by atoms with E-state index in [1.807, 2.05) is 24.3 Å². The third-order valence-corrected chi connectivity index (χ3v) is 5.10. The smallest absolute Gasteiger partial charge is 0.161 e. The van der Waals surface area contributed by atoms with Crippen molar-refractivity contribution in [2.75, 3.05) is 51.3 Å². The molecule has 0 amide bonds. The van der Waals surface area contributed by atoms with Gasteiger partial charge >= 0.3 is 0 Å². The molecule has 0 saturated carbocycles. The molecule has 2 aromatic rings. The van der Waals surface area contributed by atoms with Gasteiger partial charge < -0.3 is 19.5 Å². The van der Waals surface area contributed by atoms with Crippen LogP contribution in [0.15, 0.2) is 42.5 Å². The number of piperazine rings is 1. The van der Waals surface area contributed by atoms with Crippen LogP contribution >= 0.6 is 0 Å². The van der Waals surface area contributed by atoms with Crippen molar-refractivity contribution in [3.05, 3.63) is 53.6 Å². The largest absolute Gasteiger partial charge is 0.493 e. The molecular formula is C22H30N2O3. The second kappa shape index (κ2) is 9.11. The van der Waals surface area contributed by atoms with Gasteiger partial charge in [0.25, 0.3) is 0 Å². The van der Waals surface area contributed by atoms with Gasteiger partial charge in [-0.25, -0.2) is 0 Å². The molecule has 0 spiro atoms. The van der Waals surface area contributed by atoms with Gasteiger partial charge in [0.2, 0.25) is 0 Å². The maximum atomic E-state index is 10.4. The summed E-state index contributed by atoms with van der Waals surface area (Å²) in [6, 6.07) is 14.0. The molecule has 3 rings (SSSR count). The summed E-state index contributed by atoms with van der Waals surface area (Å²) in [5.74, 6) is 1.35. The van der Waals surface area contributed by atoms with Gasteiger partial charge in [0.1, 0.15) is 12.7 Å². The lowest BCUT2D eigenvalue weighted by atomic mass is 10.1. The van der Waals surface area contributed by atoms with Crippen LogP contribution in [0.25, 0.3) is 0 Å². The normalized spacial score (nSPS) is 16.2. The summed E-state index contributed by atoms with van der Waals surface area (Å²) in [5.41, 5.74) is 4.01. The summed E-state index contributed by atoms with van der Waals surface area (Å²) in [6.45, 7) is 9.07. The highest BCUT2D eigenvalue weighted by molar-refractivity contribution is 5.59. The zero-order chi connectivity index (χ0) is 19.2. The van der Waals surface area contributed by atoms with Crippen molar-refractivity contribution < 1.29 is 14.6 Å². The molecule has 0 aromatic heterocycles. The van der Waals surface area contributed by atoms with Crippen LogP contribution in [0.3, 0.4) is 0 Å².